The number of hydrogen-bond donors (Lipinski definition) is 1. The lowest BCUT2D eigenvalue weighted by atomic mass is 10.0. The highest BCUT2D eigenvalue weighted by molar-refractivity contribution is 7.47. The number of allylic oxidation sites excluding steroid dienone is 8. The molecule has 0 radical (unpaired) electrons. The van der Waals surface area contributed by atoms with Gasteiger partial charge in [0.05, 0.1) is 27.7 Å². The van der Waals surface area contributed by atoms with Crippen molar-refractivity contribution in [2.24, 2.45) is 0 Å². The molecule has 9 nitrogen and oxygen atoms in total. The first-order valence-corrected chi connectivity index (χ1v) is 22.9. The van der Waals surface area contributed by atoms with Gasteiger partial charge in [-0.2, -0.15) is 0 Å². The van der Waals surface area contributed by atoms with E-state index in [0.717, 1.165) is 64.2 Å². The lowest BCUT2D eigenvalue weighted by Gasteiger charge is -2.24. The molecule has 0 aliphatic carbocycles. The molecule has 0 aromatic carbocycles. The summed E-state index contributed by atoms with van der Waals surface area (Å²) in [6, 6.07) is 0. The van der Waals surface area contributed by atoms with Crippen molar-refractivity contribution in [3.8, 4) is 0 Å². The number of unbranched alkanes of at least 4 members (excludes halogenated alkanes) is 16. The van der Waals surface area contributed by atoms with Crippen molar-refractivity contribution in [2.75, 3.05) is 47.5 Å². The molecule has 54 heavy (non-hydrogen) atoms. The normalized spacial score (nSPS) is 14.1. The third-order valence-electron chi connectivity index (χ3n) is 8.84. The van der Waals surface area contributed by atoms with Crippen LogP contribution in [0.5, 0.6) is 0 Å². The van der Waals surface area contributed by atoms with Crippen LogP contribution >= 0.6 is 7.82 Å². The Bertz CT molecular complexity index is 1070. The van der Waals surface area contributed by atoms with E-state index in [9.17, 15) is 19.0 Å². The van der Waals surface area contributed by atoms with E-state index in [2.05, 4.69) is 62.5 Å². The first kappa shape index (κ1) is 52.0. The quantitative estimate of drug-likeness (QED) is 0.0217. The Morgan fingerprint density at radius 3 is 1.56 bits per heavy atom. The molecule has 0 aromatic rings. The number of carbonyl (C=O) groups excluding carboxylic acids is 2. The Labute approximate surface area is 331 Å². The van der Waals surface area contributed by atoms with Crippen LogP contribution in [0.25, 0.3) is 0 Å². The van der Waals surface area contributed by atoms with Gasteiger partial charge in [0, 0.05) is 12.8 Å². The second-order valence-corrected chi connectivity index (χ2v) is 16.8. The maximum absolute atomic E-state index is 12.7. The van der Waals surface area contributed by atoms with Gasteiger partial charge in [0.15, 0.2) is 6.10 Å². The standard InChI is InChI=1S/C44H80NO8P/c1-6-8-10-12-14-16-18-20-21-22-23-25-27-29-31-33-35-37-44(47)53-42(41-52-54(48,49)51-39-38-45(3,4)5)40-50-43(46)36-34-32-30-28-26-24-19-17-15-13-11-9-7-2/h10,12,16,18,21-22,25,27,42H,6-9,11,13-15,17,19-20,23-24,26,28-41H2,1-5H3/p+1/b12-10+,18-16+,22-21+,27-25+/t42-/m1/s1. The average molecular weight is 783 g/mol. The third kappa shape index (κ3) is 39.7. The van der Waals surface area contributed by atoms with Crippen LogP contribution < -0.4 is 0 Å². The van der Waals surface area contributed by atoms with Crippen molar-refractivity contribution in [3.63, 3.8) is 0 Å². The summed E-state index contributed by atoms with van der Waals surface area (Å²) in [6.45, 7) is 4.31. The lowest BCUT2D eigenvalue weighted by molar-refractivity contribution is -0.870. The number of likely N-dealkylation sites (N-methyl/N-ethyl adjacent to an activating group) is 1. The highest BCUT2D eigenvalue weighted by Gasteiger charge is 2.27. The van der Waals surface area contributed by atoms with E-state index in [1.54, 1.807) is 0 Å². The Kier molecular flexibility index (Phi) is 35.2. The SMILES string of the molecule is CCC/C=C/C/C=C/C/C=C/C/C=C/CCCCCC(=O)O[C@H](COC(=O)CCCCCCCCCCCCCCC)COP(=O)(O)OCC[N+](C)(C)C. The second-order valence-electron chi connectivity index (χ2n) is 15.4. The summed E-state index contributed by atoms with van der Waals surface area (Å²) in [5.41, 5.74) is 0. The highest BCUT2D eigenvalue weighted by atomic mass is 31.2. The van der Waals surface area contributed by atoms with E-state index in [-0.39, 0.29) is 32.0 Å². The van der Waals surface area contributed by atoms with Gasteiger partial charge in [-0.1, -0.05) is 152 Å². The van der Waals surface area contributed by atoms with Gasteiger partial charge < -0.3 is 18.9 Å². The minimum atomic E-state index is -4.38. The molecule has 2 atom stereocenters. The molecule has 1 unspecified atom stereocenters. The van der Waals surface area contributed by atoms with E-state index in [4.69, 9.17) is 18.5 Å². The topological polar surface area (TPSA) is 108 Å². The number of esters is 2. The van der Waals surface area contributed by atoms with Gasteiger partial charge in [0.25, 0.3) is 0 Å². The van der Waals surface area contributed by atoms with Crippen molar-refractivity contribution >= 4 is 19.8 Å². The summed E-state index contributed by atoms with van der Waals surface area (Å²) in [5.74, 6) is -0.835. The average Bonchev–Trinajstić information content (AvgIpc) is 3.12. The largest absolute Gasteiger partial charge is 0.472 e. The minimum absolute atomic E-state index is 0.0246. The molecule has 0 amide bonds. The summed E-state index contributed by atoms with van der Waals surface area (Å²) in [6.07, 6.45) is 41.5. The fourth-order valence-electron chi connectivity index (χ4n) is 5.47. The van der Waals surface area contributed by atoms with Crippen molar-refractivity contribution in [3.05, 3.63) is 48.6 Å². The number of hydrogen-bond acceptors (Lipinski definition) is 7. The number of nitrogens with zero attached hydrogens (tertiary/aromatic N) is 1. The summed E-state index contributed by atoms with van der Waals surface area (Å²) < 4.78 is 34.2. The third-order valence-corrected chi connectivity index (χ3v) is 9.83. The van der Waals surface area contributed by atoms with Gasteiger partial charge in [-0.25, -0.2) is 4.57 Å². The van der Waals surface area contributed by atoms with E-state index >= 15 is 0 Å². The Morgan fingerprint density at radius 2 is 1.04 bits per heavy atom. The van der Waals surface area contributed by atoms with Crippen molar-refractivity contribution in [1.82, 2.24) is 0 Å². The number of phosphoric acid groups is 1. The Morgan fingerprint density at radius 1 is 0.574 bits per heavy atom. The van der Waals surface area contributed by atoms with Gasteiger partial charge in [-0.05, 0) is 51.4 Å². The molecule has 0 bridgehead atoms. The number of phosphoric ester groups is 1. The zero-order chi connectivity index (χ0) is 40.0. The van der Waals surface area contributed by atoms with Crippen LogP contribution in [0.1, 0.15) is 168 Å². The molecule has 0 saturated heterocycles. The van der Waals surface area contributed by atoms with Crippen LogP contribution in [0.4, 0.5) is 0 Å². The fraction of sp³-hybridized carbons (Fsp3) is 0.773. The van der Waals surface area contributed by atoms with Crippen LogP contribution in [0, 0.1) is 0 Å². The molecule has 0 aliphatic rings. The molecule has 0 spiro atoms. The fourth-order valence-corrected chi connectivity index (χ4v) is 6.22. The van der Waals surface area contributed by atoms with Crippen LogP contribution in [-0.4, -0.2) is 74.9 Å². The molecule has 0 aromatic heterocycles. The van der Waals surface area contributed by atoms with Gasteiger partial charge in [-0.3, -0.25) is 18.6 Å². The minimum Gasteiger partial charge on any atom is -0.462 e. The molecular formula is C44H81NO8P+. The molecule has 10 heteroatoms. The van der Waals surface area contributed by atoms with Gasteiger partial charge in [0.2, 0.25) is 0 Å². The second kappa shape index (κ2) is 36.6. The molecule has 314 valence electrons. The molecule has 0 aliphatic heterocycles. The molecule has 0 rings (SSSR count). The number of carbonyl (C=O) groups is 2. The molecule has 0 heterocycles. The van der Waals surface area contributed by atoms with E-state index < -0.39 is 26.5 Å². The summed E-state index contributed by atoms with van der Waals surface area (Å²) in [7, 11) is 1.45. The summed E-state index contributed by atoms with van der Waals surface area (Å²) in [4.78, 5) is 35.3. The summed E-state index contributed by atoms with van der Waals surface area (Å²) in [5, 5.41) is 0. The van der Waals surface area contributed by atoms with Crippen LogP contribution in [0.15, 0.2) is 48.6 Å². The predicted octanol–water partition coefficient (Wildman–Crippen LogP) is 11.9. The maximum atomic E-state index is 12.7. The van der Waals surface area contributed by atoms with Gasteiger partial charge >= 0.3 is 19.8 Å². The molecule has 1 N–H and O–H groups in total. The van der Waals surface area contributed by atoms with Crippen LogP contribution in [-0.2, 0) is 32.7 Å². The molecule has 0 fully saturated rings. The van der Waals surface area contributed by atoms with Gasteiger partial charge in [-0.15, -0.1) is 0 Å². The number of ether oxygens (including phenoxy) is 2. The molecule has 0 saturated carbocycles. The first-order valence-electron chi connectivity index (χ1n) is 21.4. The predicted molar refractivity (Wildman–Crippen MR) is 224 cm³/mol. The highest BCUT2D eigenvalue weighted by Crippen LogP contribution is 2.43. The van der Waals surface area contributed by atoms with Crippen LogP contribution in [0.2, 0.25) is 0 Å². The van der Waals surface area contributed by atoms with Gasteiger partial charge in [0.1, 0.15) is 19.8 Å². The maximum Gasteiger partial charge on any atom is 0.472 e. The van der Waals surface area contributed by atoms with Crippen molar-refractivity contribution < 1.29 is 42.1 Å². The summed E-state index contributed by atoms with van der Waals surface area (Å²) >= 11 is 0. The zero-order valence-corrected chi connectivity index (χ0v) is 36.1. The lowest BCUT2D eigenvalue weighted by Crippen LogP contribution is -2.37. The van der Waals surface area contributed by atoms with E-state index in [1.165, 1.54) is 70.6 Å². The monoisotopic (exact) mass is 783 g/mol. The smallest absolute Gasteiger partial charge is 0.462 e. The number of rotatable bonds is 38. The van der Waals surface area contributed by atoms with E-state index in [1.807, 2.05) is 21.1 Å². The zero-order valence-electron chi connectivity index (χ0n) is 35.2. The first-order chi connectivity index (χ1) is 26.0. The van der Waals surface area contributed by atoms with Crippen molar-refractivity contribution in [2.45, 2.75) is 174 Å². The van der Waals surface area contributed by atoms with Crippen LogP contribution in [0.3, 0.4) is 0 Å². The number of quaternary nitrogens is 1. The molecular weight excluding hydrogens is 701 g/mol. The Hall–Kier alpha value is -2.03. The van der Waals surface area contributed by atoms with Crippen molar-refractivity contribution in [1.29, 1.82) is 0 Å². The van der Waals surface area contributed by atoms with E-state index in [0.29, 0.717) is 17.4 Å². The Balaban J connectivity index is 4.45.